The fraction of sp³-hybridized carbons (Fsp3) is 0.211. The summed E-state index contributed by atoms with van der Waals surface area (Å²) in [6, 6.07) is 11.3. The maximum Gasteiger partial charge on any atom is 0.361 e. The highest BCUT2D eigenvalue weighted by molar-refractivity contribution is 7.19. The molecule has 0 radical (unpaired) electrons. The quantitative estimate of drug-likeness (QED) is 0.640. The lowest BCUT2D eigenvalue weighted by atomic mass is 10.2. The number of rotatable bonds is 6. The SMILES string of the molecule is CCOC(=O)c1noc(C)c1C(=O)Nc1ccc(-c2cccc(OC)c2)s1. The summed E-state index contributed by atoms with van der Waals surface area (Å²) < 4.78 is 15.2. The smallest absolute Gasteiger partial charge is 0.361 e. The average molecular weight is 386 g/mol. The van der Waals surface area contributed by atoms with E-state index in [0.29, 0.717) is 5.00 Å². The zero-order chi connectivity index (χ0) is 19.4. The van der Waals surface area contributed by atoms with Crippen LogP contribution in [0.15, 0.2) is 40.9 Å². The molecule has 27 heavy (non-hydrogen) atoms. The van der Waals surface area contributed by atoms with E-state index in [2.05, 4.69) is 10.5 Å². The van der Waals surface area contributed by atoms with E-state index in [1.807, 2.05) is 30.3 Å². The van der Waals surface area contributed by atoms with E-state index >= 15 is 0 Å². The number of amides is 1. The van der Waals surface area contributed by atoms with Gasteiger partial charge in [0.05, 0.1) is 18.7 Å². The number of carbonyl (C=O) groups excluding carboxylic acids is 2. The van der Waals surface area contributed by atoms with E-state index in [4.69, 9.17) is 14.0 Å². The number of methoxy groups -OCH3 is 1. The fourth-order valence-electron chi connectivity index (χ4n) is 2.49. The monoisotopic (exact) mass is 386 g/mol. The molecular formula is C19H18N2O5S. The average Bonchev–Trinajstić information content (AvgIpc) is 3.28. The second-order valence-corrected chi connectivity index (χ2v) is 6.62. The molecule has 3 rings (SSSR count). The lowest BCUT2D eigenvalue weighted by Crippen LogP contribution is -2.17. The molecule has 0 unspecified atom stereocenters. The molecule has 0 saturated carbocycles. The molecule has 2 aromatic heterocycles. The van der Waals surface area contributed by atoms with Crippen LogP contribution >= 0.6 is 11.3 Å². The Kier molecular flexibility index (Phi) is 5.56. The first-order valence-electron chi connectivity index (χ1n) is 8.22. The Morgan fingerprint density at radius 3 is 2.81 bits per heavy atom. The number of anilines is 1. The summed E-state index contributed by atoms with van der Waals surface area (Å²) in [4.78, 5) is 25.6. The molecule has 1 amide bonds. The van der Waals surface area contributed by atoms with Gasteiger partial charge in [-0.1, -0.05) is 17.3 Å². The van der Waals surface area contributed by atoms with E-state index in [1.165, 1.54) is 11.3 Å². The van der Waals surface area contributed by atoms with Gasteiger partial charge in [0.2, 0.25) is 5.69 Å². The third kappa shape index (κ3) is 4.01. The summed E-state index contributed by atoms with van der Waals surface area (Å²) in [7, 11) is 1.61. The molecule has 2 heterocycles. The second kappa shape index (κ2) is 8.05. The normalized spacial score (nSPS) is 10.5. The largest absolute Gasteiger partial charge is 0.497 e. The van der Waals surface area contributed by atoms with Crippen LogP contribution in [0.1, 0.15) is 33.5 Å². The number of hydrogen-bond acceptors (Lipinski definition) is 7. The Hall–Kier alpha value is -3.13. The van der Waals surface area contributed by atoms with E-state index in [9.17, 15) is 9.59 Å². The molecule has 0 spiro atoms. The van der Waals surface area contributed by atoms with Gasteiger partial charge in [-0.15, -0.1) is 11.3 Å². The lowest BCUT2D eigenvalue weighted by Gasteiger charge is -2.04. The Labute approximate surface area is 159 Å². The highest BCUT2D eigenvalue weighted by Crippen LogP contribution is 2.33. The molecule has 0 saturated heterocycles. The zero-order valence-electron chi connectivity index (χ0n) is 15.1. The van der Waals surface area contributed by atoms with Crippen LogP contribution in [0.5, 0.6) is 5.75 Å². The third-order valence-corrected chi connectivity index (χ3v) is 4.81. The summed E-state index contributed by atoms with van der Waals surface area (Å²) in [5.74, 6) is -0.163. The van der Waals surface area contributed by atoms with Gasteiger partial charge in [0.1, 0.15) is 17.1 Å². The molecule has 1 N–H and O–H groups in total. The number of thiophene rings is 1. The number of nitrogens with zero attached hydrogens (tertiary/aromatic N) is 1. The van der Waals surface area contributed by atoms with Crippen LogP contribution in [0.2, 0.25) is 0 Å². The molecule has 0 bridgehead atoms. The minimum Gasteiger partial charge on any atom is -0.497 e. The summed E-state index contributed by atoms with van der Waals surface area (Å²) in [5, 5.41) is 7.06. The first-order valence-corrected chi connectivity index (χ1v) is 9.04. The van der Waals surface area contributed by atoms with Crippen LogP contribution < -0.4 is 10.1 Å². The van der Waals surface area contributed by atoms with Gasteiger partial charge in [0, 0.05) is 4.88 Å². The minimum absolute atomic E-state index is 0.0739. The van der Waals surface area contributed by atoms with Crippen LogP contribution in [-0.4, -0.2) is 30.7 Å². The number of aryl methyl sites for hydroxylation is 1. The summed E-state index contributed by atoms with van der Waals surface area (Å²) >= 11 is 1.41. The Balaban J connectivity index is 1.81. The van der Waals surface area contributed by atoms with E-state index < -0.39 is 11.9 Å². The highest BCUT2D eigenvalue weighted by atomic mass is 32.1. The third-order valence-electron chi connectivity index (χ3n) is 3.76. The molecule has 0 atom stereocenters. The molecular weight excluding hydrogens is 368 g/mol. The second-order valence-electron chi connectivity index (χ2n) is 5.53. The van der Waals surface area contributed by atoms with E-state index in [0.717, 1.165) is 16.2 Å². The minimum atomic E-state index is -0.692. The van der Waals surface area contributed by atoms with E-state index in [-0.39, 0.29) is 23.6 Å². The van der Waals surface area contributed by atoms with E-state index in [1.54, 1.807) is 27.0 Å². The van der Waals surface area contributed by atoms with Crippen LogP contribution in [0.3, 0.4) is 0 Å². The van der Waals surface area contributed by atoms with Crippen molar-refractivity contribution in [3.63, 3.8) is 0 Å². The fourth-order valence-corrected chi connectivity index (χ4v) is 3.39. The first-order chi connectivity index (χ1) is 13.0. The van der Waals surface area contributed by atoms with Crippen molar-refractivity contribution >= 4 is 28.2 Å². The van der Waals surface area contributed by atoms with Gasteiger partial charge in [0.25, 0.3) is 5.91 Å². The van der Waals surface area contributed by atoms with Gasteiger partial charge in [-0.25, -0.2) is 4.79 Å². The van der Waals surface area contributed by atoms with Crippen LogP contribution in [0, 0.1) is 6.92 Å². The lowest BCUT2D eigenvalue weighted by molar-refractivity contribution is 0.0512. The molecule has 3 aromatic rings. The number of benzene rings is 1. The van der Waals surface area contributed by atoms with Crippen molar-refractivity contribution in [2.75, 3.05) is 19.0 Å². The predicted octanol–water partition coefficient (Wildman–Crippen LogP) is 4.15. The molecule has 8 heteroatoms. The summed E-state index contributed by atoms with van der Waals surface area (Å²) in [5.41, 5.74) is 0.925. The van der Waals surface area contributed by atoms with Crippen LogP contribution in [0.25, 0.3) is 10.4 Å². The molecule has 0 aliphatic heterocycles. The molecule has 1 aromatic carbocycles. The van der Waals surface area contributed by atoms with Gasteiger partial charge in [0.15, 0.2) is 0 Å². The van der Waals surface area contributed by atoms with Crippen LogP contribution in [-0.2, 0) is 4.74 Å². The van der Waals surface area contributed by atoms with Gasteiger partial charge in [-0.2, -0.15) is 0 Å². The molecule has 7 nitrogen and oxygen atoms in total. The molecule has 0 fully saturated rings. The maximum atomic E-state index is 12.6. The number of ether oxygens (including phenoxy) is 2. The summed E-state index contributed by atoms with van der Waals surface area (Å²) in [6.07, 6.45) is 0. The number of hydrogen-bond donors (Lipinski definition) is 1. The summed E-state index contributed by atoms with van der Waals surface area (Å²) in [6.45, 7) is 3.43. The number of esters is 1. The Morgan fingerprint density at radius 2 is 2.07 bits per heavy atom. The Bertz CT molecular complexity index is 976. The van der Waals surface area contributed by atoms with Crippen molar-refractivity contribution in [1.82, 2.24) is 5.16 Å². The van der Waals surface area contributed by atoms with Crippen LogP contribution in [0.4, 0.5) is 5.00 Å². The molecule has 0 aliphatic rings. The van der Waals surface area contributed by atoms with Gasteiger partial charge < -0.3 is 19.3 Å². The standard InChI is InChI=1S/C19H18N2O5S/c1-4-25-19(23)17-16(11(2)26-21-17)18(22)20-15-9-8-14(27-15)12-6-5-7-13(10-12)24-3/h5-10H,4H2,1-3H3,(H,20,22). The maximum absolute atomic E-state index is 12.6. The van der Waals surface area contributed by atoms with Crippen molar-refractivity contribution in [2.45, 2.75) is 13.8 Å². The van der Waals surface area contributed by atoms with Gasteiger partial charge >= 0.3 is 5.97 Å². The van der Waals surface area contributed by atoms with Crippen molar-refractivity contribution < 1.29 is 23.6 Å². The first kappa shape index (κ1) is 18.7. The van der Waals surface area contributed by atoms with Gasteiger partial charge in [-0.3, -0.25) is 4.79 Å². The number of nitrogens with one attached hydrogen (secondary N) is 1. The molecule has 0 aliphatic carbocycles. The zero-order valence-corrected chi connectivity index (χ0v) is 15.9. The van der Waals surface area contributed by atoms with Crippen molar-refractivity contribution in [3.8, 4) is 16.2 Å². The van der Waals surface area contributed by atoms with Crippen molar-refractivity contribution in [3.05, 3.63) is 53.4 Å². The highest BCUT2D eigenvalue weighted by Gasteiger charge is 2.26. The number of aromatic nitrogens is 1. The van der Waals surface area contributed by atoms with Crippen molar-refractivity contribution in [1.29, 1.82) is 0 Å². The Morgan fingerprint density at radius 1 is 1.26 bits per heavy atom. The van der Waals surface area contributed by atoms with Gasteiger partial charge in [-0.05, 0) is 43.7 Å². The van der Waals surface area contributed by atoms with Crippen molar-refractivity contribution in [2.24, 2.45) is 0 Å². The topological polar surface area (TPSA) is 90.7 Å². The number of carbonyl (C=O) groups is 2. The molecule has 140 valence electrons. The predicted molar refractivity (Wildman–Crippen MR) is 101 cm³/mol.